The van der Waals surface area contributed by atoms with Crippen molar-refractivity contribution in [3.05, 3.63) is 12.3 Å². The zero-order valence-electron chi connectivity index (χ0n) is 4.23. The zero-order valence-corrected chi connectivity index (χ0v) is 5.12. The lowest BCUT2D eigenvalue weighted by molar-refractivity contribution is 0.335. The summed E-state index contributed by atoms with van der Waals surface area (Å²) in [4.78, 5) is 24.8. The number of nitrogens with two attached hydrogens (primary N) is 1. The van der Waals surface area contributed by atoms with E-state index < -0.39 is 7.94 Å². The van der Waals surface area contributed by atoms with E-state index in [0.717, 1.165) is 6.20 Å². The van der Waals surface area contributed by atoms with Crippen molar-refractivity contribution >= 4 is 7.94 Å². The van der Waals surface area contributed by atoms with Crippen LogP contribution in [0, 0.1) is 0 Å². The fourth-order valence-electron chi connectivity index (χ4n) is 0.202. The smallest absolute Gasteiger partial charge is 0.405 e. The Morgan fingerprint density at radius 1 is 1.38 bits per heavy atom. The Bertz CT molecular complexity index is 87.0. The van der Waals surface area contributed by atoms with Crippen molar-refractivity contribution in [1.29, 1.82) is 0 Å². The summed E-state index contributed by atoms with van der Waals surface area (Å²) in [5.74, 6) is 0. The van der Waals surface area contributed by atoms with Gasteiger partial charge in [0.1, 0.15) is 0 Å². The molecule has 0 aromatic carbocycles. The highest BCUT2D eigenvalue weighted by atomic mass is 31.2. The zero-order chi connectivity index (χ0) is 6.62. The second-order valence-corrected chi connectivity index (χ2v) is 3.05. The standard InChI is InChI=1S/C3H9NO3P/c4-2-1-3-8(5,6)7/h1-2,5-7H,3-4H2/q+1. The summed E-state index contributed by atoms with van der Waals surface area (Å²) in [5, 5.41) is 0. The summed E-state index contributed by atoms with van der Waals surface area (Å²) >= 11 is 0. The molecule has 0 amide bonds. The summed E-state index contributed by atoms with van der Waals surface area (Å²) < 4.78 is 0. The molecule has 0 atom stereocenters. The third-order valence-electron chi connectivity index (χ3n) is 0.486. The van der Waals surface area contributed by atoms with Gasteiger partial charge in [0.05, 0.1) is 0 Å². The van der Waals surface area contributed by atoms with Crippen LogP contribution in [0.3, 0.4) is 0 Å². The lowest BCUT2D eigenvalue weighted by Gasteiger charge is -1.96. The number of allylic oxidation sites excluding steroid dienone is 1. The van der Waals surface area contributed by atoms with Crippen molar-refractivity contribution in [2.24, 2.45) is 5.73 Å². The van der Waals surface area contributed by atoms with Gasteiger partial charge in [0.2, 0.25) is 0 Å². The van der Waals surface area contributed by atoms with Crippen LogP contribution in [0.25, 0.3) is 0 Å². The Labute approximate surface area is 47.8 Å². The summed E-state index contributed by atoms with van der Waals surface area (Å²) in [7, 11) is -3.60. The van der Waals surface area contributed by atoms with Crippen LogP contribution in [0.5, 0.6) is 0 Å². The molecule has 0 radical (unpaired) electrons. The first-order chi connectivity index (χ1) is 3.56. The SMILES string of the molecule is NC=CC[P+](O)(O)O. The molecule has 0 aromatic rings. The van der Waals surface area contributed by atoms with E-state index in [-0.39, 0.29) is 6.16 Å². The monoisotopic (exact) mass is 138 g/mol. The second kappa shape index (κ2) is 2.99. The average Bonchev–Trinajstić information content (AvgIpc) is 1.59. The van der Waals surface area contributed by atoms with Crippen molar-refractivity contribution in [2.75, 3.05) is 6.16 Å². The molecule has 4 nitrogen and oxygen atoms in total. The molecule has 5 heteroatoms. The normalized spacial score (nSPS) is 12.9. The van der Waals surface area contributed by atoms with E-state index in [9.17, 15) is 0 Å². The van der Waals surface area contributed by atoms with Gasteiger partial charge in [0.15, 0.2) is 6.16 Å². The molecule has 0 aromatic heterocycles. The molecular formula is C3H9NO3P+. The van der Waals surface area contributed by atoms with Crippen LogP contribution in [0.4, 0.5) is 0 Å². The first-order valence-electron chi connectivity index (χ1n) is 1.99. The highest BCUT2D eigenvalue weighted by Gasteiger charge is 2.26. The van der Waals surface area contributed by atoms with Gasteiger partial charge in [-0.2, -0.15) is 14.7 Å². The lowest BCUT2D eigenvalue weighted by Crippen LogP contribution is -1.92. The molecule has 0 spiro atoms. The maximum absolute atomic E-state index is 8.26. The number of hydrogen-bond donors (Lipinski definition) is 4. The van der Waals surface area contributed by atoms with Crippen molar-refractivity contribution in [3.63, 3.8) is 0 Å². The summed E-state index contributed by atoms with van der Waals surface area (Å²) in [6.45, 7) is 0. The lowest BCUT2D eigenvalue weighted by atomic mass is 10.7. The molecule has 0 aliphatic carbocycles. The molecule has 0 unspecified atom stereocenters. The minimum Gasteiger partial charge on any atom is -0.405 e. The van der Waals surface area contributed by atoms with Gasteiger partial charge in [-0.1, -0.05) is 0 Å². The molecule has 8 heavy (non-hydrogen) atoms. The first-order valence-corrected chi connectivity index (χ1v) is 3.82. The minimum absolute atomic E-state index is 0.163. The second-order valence-electron chi connectivity index (χ2n) is 1.30. The van der Waals surface area contributed by atoms with Gasteiger partial charge >= 0.3 is 7.94 Å². The van der Waals surface area contributed by atoms with Crippen molar-refractivity contribution in [1.82, 2.24) is 0 Å². The number of rotatable bonds is 2. The van der Waals surface area contributed by atoms with E-state index >= 15 is 0 Å². The minimum atomic E-state index is -3.60. The van der Waals surface area contributed by atoms with E-state index in [1.54, 1.807) is 0 Å². The third kappa shape index (κ3) is 5.85. The molecule has 0 bridgehead atoms. The first kappa shape index (κ1) is 7.85. The van der Waals surface area contributed by atoms with Crippen molar-refractivity contribution in [3.8, 4) is 0 Å². The van der Waals surface area contributed by atoms with Crippen LogP contribution >= 0.6 is 7.94 Å². The van der Waals surface area contributed by atoms with Gasteiger partial charge in [-0.25, -0.2) is 0 Å². The fourth-order valence-corrected chi connectivity index (χ4v) is 0.607. The third-order valence-corrected chi connectivity index (χ3v) is 1.19. The van der Waals surface area contributed by atoms with Crippen molar-refractivity contribution < 1.29 is 14.7 Å². The molecule has 5 N–H and O–H groups in total. The molecule has 0 heterocycles. The molecule has 0 saturated heterocycles. The predicted molar refractivity (Wildman–Crippen MR) is 31.8 cm³/mol. The summed E-state index contributed by atoms with van der Waals surface area (Å²) in [5.41, 5.74) is 4.84. The van der Waals surface area contributed by atoms with E-state index in [1.165, 1.54) is 6.08 Å². The van der Waals surface area contributed by atoms with Crippen LogP contribution in [0.15, 0.2) is 12.3 Å². The summed E-state index contributed by atoms with van der Waals surface area (Å²) in [6.07, 6.45) is 2.27. The van der Waals surface area contributed by atoms with Crippen LogP contribution in [-0.4, -0.2) is 20.8 Å². The average molecular weight is 138 g/mol. The Morgan fingerprint density at radius 2 is 1.88 bits per heavy atom. The maximum atomic E-state index is 8.26. The van der Waals surface area contributed by atoms with Crippen LogP contribution in [0.1, 0.15) is 0 Å². The molecule has 48 valence electrons. The van der Waals surface area contributed by atoms with Crippen LogP contribution in [-0.2, 0) is 0 Å². The molecule has 0 aliphatic rings. The predicted octanol–water partition coefficient (Wildman–Crippen LogP) is -0.802. The molecule has 0 aliphatic heterocycles. The quantitative estimate of drug-likeness (QED) is 0.376. The maximum Gasteiger partial charge on any atom is 0.407 e. The molecular weight excluding hydrogens is 129 g/mol. The largest absolute Gasteiger partial charge is 0.407 e. The van der Waals surface area contributed by atoms with Crippen LogP contribution < -0.4 is 5.73 Å². The highest BCUT2D eigenvalue weighted by Crippen LogP contribution is 2.43. The Kier molecular flexibility index (Phi) is 2.94. The van der Waals surface area contributed by atoms with E-state index in [2.05, 4.69) is 0 Å². The van der Waals surface area contributed by atoms with E-state index in [0.29, 0.717) is 0 Å². The Balaban J connectivity index is 3.39. The topological polar surface area (TPSA) is 86.7 Å². The molecule has 0 rings (SSSR count). The van der Waals surface area contributed by atoms with Gasteiger partial charge < -0.3 is 5.73 Å². The van der Waals surface area contributed by atoms with Crippen LogP contribution in [0.2, 0.25) is 0 Å². The van der Waals surface area contributed by atoms with Gasteiger partial charge in [0.25, 0.3) is 0 Å². The highest BCUT2D eigenvalue weighted by molar-refractivity contribution is 7.58. The summed E-state index contributed by atoms with van der Waals surface area (Å²) in [6, 6.07) is 0. The van der Waals surface area contributed by atoms with Gasteiger partial charge in [-0.05, 0) is 12.3 Å². The van der Waals surface area contributed by atoms with Crippen molar-refractivity contribution in [2.45, 2.75) is 0 Å². The van der Waals surface area contributed by atoms with E-state index in [4.69, 9.17) is 20.4 Å². The Hall–Kier alpha value is -0.150. The Morgan fingerprint density at radius 3 is 2.00 bits per heavy atom. The molecule has 0 fully saturated rings. The van der Waals surface area contributed by atoms with Gasteiger partial charge in [-0.3, -0.25) is 0 Å². The van der Waals surface area contributed by atoms with Gasteiger partial charge in [-0.15, -0.1) is 0 Å². The van der Waals surface area contributed by atoms with E-state index in [1.807, 2.05) is 0 Å². The number of hydrogen-bond acceptors (Lipinski definition) is 4. The fraction of sp³-hybridized carbons (Fsp3) is 0.333. The molecule has 0 saturated carbocycles. The van der Waals surface area contributed by atoms with Gasteiger partial charge in [0, 0.05) is 0 Å².